The van der Waals surface area contributed by atoms with Crippen molar-refractivity contribution < 1.29 is 10.0 Å². The summed E-state index contributed by atoms with van der Waals surface area (Å²) in [4.78, 5) is 14.4. The molecule has 6 heteroatoms. The third-order valence-electron chi connectivity index (χ3n) is 2.65. The van der Waals surface area contributed by atoms with E-state index in [0.29, 0.717) is 11.3 Å². The number of aromatic hydroxyl groups is 1. The number of aliphatic imine (C=N–C) groups is 1. The molecule has 0 fully saturated rings. The fourth-order valence-corrected chi connectivity index (χ4v) is 1.82. The second-order valence-corrected chi connectivity index (χ2v) is 4.63. The number of rotatable bonds is 3. The minimum Gasteiger partial charge on any atom is -0.506 e. The van der Waals surface area contributed by atoms with Gasteiger partial charge in [-0.15, -0.1) is 0 Å². The van der Waals surface area contributed by atoms with Crippen LogP contribution in [0.25, 0.3) is 0 Å². The number of nitro groups is 1. The normalized spacial score (nSPS) is 10.9. The van der Waals surface area contributed by atoms with Gasteiger partial charge in [0, 0.05) is 12.3 Å². The van der Waals surface area contributed by atoms with Crippen LogP contribution in [-0.4, -0.2) is 16.2 Å². The molecule has 5 nitrogen and oxygen atoms in total. The molecule has 2 aromatic rings. The zero-order valence-corrected chi connectivity index (χ0v) is 11.3. The van der Waals surface area contributed by atoms with E-state index in [4.69, 9.17) is 11.6 Å². The van der Waals surface area contributed by atoms with Crippen molar-refractivity contribution in [2.75, 3.05) is 0 Å². The van der Waals surface area contributed by atoms with Gasteiger partial charge in [-0.1, -0.05) is 23.7 Å². The zero-order chi connectivity index (χ0) is 14.7. The zero-order valence-electron chi connectivity index (χ0n) is 10.6. The van der Waals surface area contributed by atoms with Gasteiger partial charge in [0.05, 0.1) is 4.92 Å². The lowest BCUT2D eigenvalue weighted by Gasteiger charge is -2.00. The van der Waals surface area contributed by atoms with Crippen LogP contribution in [0, 0.1) is 17.0 Å². The predicted molar refractivity (Wildman–Crippen MR) is 78.2 cm³/mol. The molecule has 0 saturated heterocycles. The molecule has 0 saturated carbocycles. The minimum absolute atomic E-state index is 0.0512. The van der Waals surface area contributed by atoms with Crippen LogP contribution in [0.2, 0.25) is 5.02 Å². The molecule has 0 radical (unpaired) electrons. The number of halogens is 1. The van der Waals surface area contributed by atoms with Gasteiger partial charge in [0.25, 0.3) is 5.69 Å². The summed E-state index contributed by atoms with van der Waals surface area (Å²) in [6.45, 7) is 1.88. The smallest absolute Gasteiger partial charge is 0.288 e. The van der Waals surface area contributed by atoms with E-state index < -0.39 is 4.92 Å². The van der Waals surface area contributed by atoms with Crippen molar-refractivity contribution in [3.8, 4) is 5.75 Å². The Labute approximate surface area is 120 Å². The molecule has 0 amide bonds. The van der Waals surface area contributed by atoms with Crippen molar-refractivity contribution in [1.82, 2.24) is 0 Å². The Kier molecular flexibility index (Phi) is 4.00. The lowest BCUT2D eigenvalue weighted by Crippen LogP contribution is -1.91. The highest BCUT2D eigenvalue weighted by Crippen LogP contribution is 2.28. The van der Waals surface area contributed by atoms with Crippen molar-refractivity contribution in [2.24, 2.45) is 4.99 Å². The van der Waals surface area contributed by atoms with E-state index in [0.717, 1.165) is 5.56 Å². The Bertz CT molecular complexity index is 699. The summed E-state index contributed by atoms with van der Waals surface area (Å²) >= 11 is 5.73. The molecule has 1 N–H and O–H groups in total. The molecule has 0 aliphatic heterocycles. The number of nitro benzene ring substituents is 1. The number of aryl methyl sites for hydroxylation is 1. The molecule has 0 spiro atoms. The lowest BCUT2D eigenvalue weighted by molar-refractivity contribution is -0.384. The number of hydrogen-bond donors (Lipinski definition) is 1. The Morgan fingerprint density at radius 3 is 2.75 bits per heavy atom. The SMILES string of the molecule is Cc1ccc(O)c(N=Cc2ccc(Cl)c([N+](=O)[O-])c2)c1. The van der Waals surface area contributed by atoms with Crippen LogP contribution in [0.4, 0.5) is 11.4 Å². The largest absolute Gasteiger partial charge is 0.506 e. The summed E-state index contributed by atoms with van der Waals surface area (Å²) in [5, 5.41) is 20.5. The van der Waals surface area contributed by atoms with Gasteiger partial charge in [-0.2, -0.15) is 0 Å². The first kappa shape index (κ1) is 14.0. The molecule has 0 aromatic heterocycles. The summed E-state index contributed by atoms with van der Waals surface area (Å²) in [6.07, 6.45) is 1.44. The average molecular weight is 291 g/mol. The maximum atomic E-state index is 10.8. The fraction of sp³-hybridized carbons (Fsp3) is 0.0714. The van der Waals surface area contributed by atoms with Gasteiger partial charge in [0.2, 0.25) is 0 Å². The van der Waals surface area contributed by atoms with Gasteiger partial charge < -0.3 is 5.11 Å². The average Bonchev–Trinajstić information content (AvgIpc) is 2.41. The van der Waals surface area contributed by atoms with Crippen molar-refractivity contribution in [3.05, 3.63) is 62.7 Å². The maximum absolute atomic E-state index is 10.8. The lowest BCUT2D eigenvalue weighted by atomic mass is 10.2. The van der Waals surface area contributed by atoms with Crippen LogP contribution in [0.5, 0.6) is 5.75 Å². The molecule has 102 valence electrons. The molecule has 2 rings (SSSR count). The third kappa shape index (κ3) is 3.13. The summed E-state index contributed by atoms with van der Waals surface area (Å²) in [5.74, 6) is 0.0512. The van der Waals surface area contributed by atoms with Crippen LogP contribution < -0.4 is 0 Å². The van der Waals surface area contributed by atoms with Gasteiger partial charge in [-0.25, -0.2) is 0 Å². The van der Waals surface area contributed by atoms with Gasteiger partial charge in [0.15, 0.2) is 0 Å². The number of phenols is 1. The van der Waals surface area contributed by atoms with Crippen LogP contribution in [0.1, 0.15) is 11.1 Å². The van der Waals surface area contributed by atoms with Gasteiger partial charge in [-0.3, -0.25) is 15.1 Å². The number of hydrogen-bond acceptors (Lipinski definition) is 4. The first-order valence-corrected chi connectivity index (χ1v) is 6.13. The number of phenolic OH excluding ortho intramolecular Hbond substituents is 1. The highest BCUT2D eigenvalue weighted by atomic mass is 35.5. The first-order chi connectivity index (χ1) is 9.47. The molecule has 0 aliphatic carbocycles. The molecule has 0 atom stereocenters. The molecule has 0 unspecified atom stereocenters. The summed E-state index contributed by atoms with van der Waals surface area (Å²) in [5.41, 5.74) is 1.71. The highest BCUT2D eigenvalue weighted by molar-refractivity contribution is 6.32. The molecule has 20 heavy (non-hydrogen) atoms. The van der Waals surface area contributed by atoms with E-state index in [-0.39, 0.29) is 16.5 Å². The van der Waals surface area contributed by atoms with Gasteiger partial charge >= 0.3 is 0 Å². The molecular weight excluding hydrogens is 280 g/mol. The monoisotopic (exact) mass is 290 g/mol. The Balaban J connectivity index is 2.34. The van der Waals surface area contributed by atoms with Crippen molar-refractivity contribution >= 4 is 29.2 Å². The topological polar surface area (TPSA) is 75.7 Å². The Morgan fingerprint density at radius 1 is 1.30 bits per heavy atom. The third-order valence-corrected chi connectivity index (χ3v) is 2.97. The summed E-state index contributed by atoms with van der Waals surface area (Å²) < 4.78 is 0. The van der Waals surface area contributed by atoms with Crippen LogP contribution >= 0.6 is 11.6 Å². The van der Waals surface area contributed by atoms with Crippen LogP contribution in [-0.2, 0) is 0 Å². The number of nitrogens with zero attached hydrogens (tertiary/aromatic N) is 2. The highest BCUT2D eigenvalue weighted by Gasteiger charge is 2.11. The van der Waals surface area contributed by atoms with E-state index in [1.807, 2.05) is 6.92 Å². The molecule has 2 aromatic carbocycles. The molecule has 0 aliphatic rings. The quantitative estimate of drug-likeness (QED) is 0.527. The first-order valence-electron chi connectivity index (χ1n) is 5.75. The Hall–Kier alpha value is -2.40. The standard InChI is InChI=1S/C14H11ClN2O3/c1-9-2-5-14(18)12(6-9)16-8-10-3-4-11(15)13(7-10)17(19)20/h2-8,18H,1H3. The molecule has 0 heterocycles. The summed E-state index contributed by atoms with van der Waals surface area (Å²) in [7, 11) is 0. The second kappa shape index (κ2) is 5.71. The van der Waals surface area contributed by atoms with Crippen LogP contribution in [0.3, 0.4) is 0 Å². The van der Waals surface area contributed by atoms with E-state index >= 15 is 0 Å². The van der Waals surface area contributed by atoms with Gasteiger partial charge in [-0.05, 0) is 36.2 Å². The van der Waals surface area contributed by atoms with Crippen molar-refractivity contribution in [2.45, 2.75) is 6.92 Å². The maximum Gasteiger partial charge on any atom is 0.288 e. The van der Waals surface area contributed by atoms with E-state index in [1.54, 1.807) is 24.3 Å². The fourth-order valence-electron chi connectivity index (χ4n) is 1.63. The van der Waals surface area contributed by atoms with E-state index in [2.05, 4.69) is 4.99 Å². The molecular formula is C14H11ClN2O3. The van der Waals surface area contributed by atoms with Gasteiger partial charge in [0.1, 0.15) is 16.5 Å². The number of benzene rings is 2. The minimum atomic E-state index is -0.552. The predicted octanol–water partition coefficient (Wildman–Crippen LogP) is 4.01. The van der Waals surface area contributed by atoms with E-state index in [1.165, 1.54) is 18.3 Å². The van der Waals surface area contributed by atoms with Crippen molar-refractivity contribution in [3.63, 3.8) is 0 Å². The van der Waals surface area contributed by atoms with E-state index in [9.17, 15) is 15.2 Å². The summed E-state index contributed by atoms with van der Waals surface area (Å²) in [6, 6.07) is 9.42. The second-order valence-electron chi connectivity index (χ2n) is 4.22. The molecule has 0 bridgehead atoms. The van der Waals surface area contributed by atoms with Crippen LogP contribution in [0.15, 0.2) is 41.4 Å². The van der Waals surface area contributed by atoms with Crippen molar-refractivity contribution in [1.29, 1.82) is 0 Å². The Morgan fingerprint density at radius 2 is 2.05 bits per heavy atom.